The molecule has 2 fully saturated rings. The van der Waals surface area contributed by atoms with Gasteiger partial charge < -0.3 is 14.5 Å². The van der Waals surface area contributed by atoms with Gasteiger partial charge in [-0.3, -0.25) is 0 Å². The molecule has 3 rings (SSSR count). The minimum Gasteiger partial charge on any atom is -0.381 e. The van der Waals surface area contributed by atoms with Gasteiger partial charge in [0.2, 0.25) is 0 Å². The lowest BCUT2D eigenvalue weighted by molar-refractivity contribution is -0.486. The van der Waals surface area contributed by atoms with Crippen molar-refractivity contribution in [2.75, 3.05) is 32.8 Å². The molecule has 0 spiro atoms. The van der Waals surface area contributed by atoms with Crippen molar-refractivity contribution in [3.8, 4) is 0 Å². The van der Waals surface area contributed by atoms with E-state index >= 15 is 0 Å². The van der Waals surface area contributed by atoms with Crippen LogP contribution in [0.5, 0.6) is 0 Å². The van der Waals surface area contributed by atoms with Crippen LogP contribution in [-0.4, -0.2) is 53.6 Å². The van der Waals surface area contributed by atoms with Gasteiger partial charge in [-0.1, -0.05) is 30.7 Å². The average molecular weight is 365 g/mol. The van der Waals surface area contributed by atoms with Crippen LogP contribution in [0.4, 0.5) is 0 Å². The van der Waals surface area contributed by atoms with E-state index in [1.165, 1.54) is 0 Å². The Bertz CT molecular complexity index is 694. The predicted molar refractivity (Wildman–Crippen MR) is 96.7 cm³/mol. The topological polar surface area (TPSA) is 71.2 Å². The third-order valence-electron chi connectivity index (χ3n) is 4.59. The van der Waals surface area contributed by atoms with Gasteiger partial charge in [-0.25, -0.2) is 10.1 Å². The van der Waals surface area contributed by atoms with E-state index in [1.54, 1.807) is 6.07 Å². The van der Waals surface area contributed by atoms with Crippen LogP contribution >= 0.6 is 11.6 Å². The number of hydrogen-bond acceptors (Lipinski definition) is 3. The molecule has 8 heteroatoms. The number of hydrogen-bond donors (Lipinski definition) is 0. The van der Waals surface area contributed by atoms with Gasteiger partial charge in [0.25, 0.3) is 5.96 Å². The first-order chi connectivity index (χ1) is 12.0. The normalized spacial score (nSPS) is 25.4. The standard InChI is InChI=1S/C17H21ClN4O3/c1-13-11-25-12-15(13)10-21-8-7-20(17(21)19-22(23)24)6-5-14-3-2-4-16(18)9-14/h2-6,9,13,15H,7-8,10-12H2,1H3. The van der Waals surface area contributed by atoms with Crippen LogP contribution in [0.25, 0.3) is 6.08 Å². The fourth-order valence-electron chi connectivity index (χ4n) is 3.13. The lowest BCUT2D eigenvalue weighted by Crippen LogP contribution is -2.37. The smallest absolute Gasteiger partial charge is 0.278 e. The van der Waals surface area contributed by atoms with E-state index in [2.05, 4.69) is 12.0 Å². The molecule has 0 saturated carbocycles. The molecule has 134 valence electrons. The molecule has 1 aromatic carbocycles. The molecule has 2 unspecified atom stereocenters. The van der Waals surface area contributed by atoms with Crippen molar-refractivity contribution in [1.29, 1.82) is 0 Å². The Morgan fingerprint density at radius 3 is 2.96 bits per heavy atom. The van der Waals surface area contributed by atoms with E-state index in [4.69, 9.17) is 16.3 Å². The van der Waals surface area contributed by atoms with Gasteiger partial charge >= 0.3 is 0 Å². The number of rotatable bonds is 5. The SMILES string of the molecule is CC1COCC1CN1CCN(C=Cc2cccc(Cl)c2)C1=N[N+](=O)[O-]. The second-order valence-corrected chi connectivity index (χ2v) is 6.86. The first kappa shape index (κ1) is 17.7. The third kappa shape index (κ3) is 4.49. The van der Waals surface area contributed by atoms with Crippen LogP contribution in [0.15, 0.2) is 35.6 Å². The number of benzene rings is 1. The van der Waals surface area contributed by atoms with Gasteiger partial charge in [-0.2, -0.15) is 0 Å². The minimum absolute atomic E-state index is 0.369. The van der Waals surface area contributed by atoms with Crippen molar-refractivity contribution < 1.29 is 9.77 Å². The summed E-state index contributed by atoms with van der Waals surface area (Å²) in [4.78, 5) is 14.7. The van der Waals surface area contributed by atoms with Crippen molar-refractivity contribution in [2.24, 2.45) is 16.9 Å². The summed E-state index contributed by atoms with van der Waals surface area (Å²) >= 11 is 5.99. The molecular formula is C17H21ClN4O3. The second kappa shape index (κ2) is 7.84. The molecule has 7 nitrogen and oxygen atoms in total. The van der Waals surface area contributed by atoms with Gasteiger partial charge in [0, 0.05) is 43.4 Å². The van der Waals surface area contributed by atoms with Crippen LogP contribution in [-0.2, 0) is 4.74 Å². The van der Waals surface area contributed by atoms with Crippen molar-refractivity contribution in [1.82, 2.24) is 9.80 Å². The molecule has 0 radical (unpaired) electrons. The summed E-state index contributed by atoms with van der Waals surface area (Å²) in [6.45, 7) is 5.67. The van der Waals surface area contributed by atoms with Gasteiger partial charge in [0.15, 0.2) is 5.03 Å². The highest BCUT2D eigenvalue weighted by molar-refractivity contribution is 6.30. The largest absolute Gasteiger partial charge is 0.381 e. The fraction of sp³-hybridized carbons (Fsp3) is 0.471. The van der Waals surface area contributed by atoms with Gasteiger partial charge in [-0.05, 0) is 29.7 Å². The average Bonchev–Trinajstić information content (AvgIpc) is 3.13. The monoisotopic (exact) mass is 364 g/mol. The highest BCUT2D eigenvalue weighted by atomic mass is 35.5. The molecule has 2 aliphatic rings. The Labute approximate surface area is 151 Å². The molecule has 0 amide bonds. The number of nitro groups is 1. The van der Waals surface area contributed by atoms with E-state index < -0.39 is 5.03 Å². The minimum atomic E-state index is -0.636. The maximum absolute atomic E-state index is 11.0. The van der Waals surface area contributed by atoms with Crippen LogP contribution < -0.4 is 0 Å². The highest BCUT2D eigenvalue weighted by Gasteiger charge is 2.33. The van der Waals surface area contributed by atoms with Crippen molar-refractivity contribution in [3.63, 3.8) is 0 Å². The van der Waals surface area contributed by atoms with Crippen LogP contribution in [0.3, 0.4) is 0 Å². The second-order valence-electron chi connectivity index (χ2n) is 6.42. The zero-order valence-corrected chi connectivity index (χ0v) is 14.8. The Hall–Kier alpha value is -2.12. The highest BCUT2D eigenvalue weighted by Crippen LogP contribution is 2.23. The molecule has 25 heavy (non-hydrogen) atoms. The fourth-order valence-corrected chi connectivity index (χ4v) is 3.32. The van der Waals surface area contributed by atoms with E-state index in [-0.39, 0.29) is 0 Å². The van der Waals surface area contributed by atoms with Crippen LogP contribution in [0, 0.1) is 22.0 Å². The number of nitrogens with zero attached hydrogens (tertiary/aromatic N) is 4. The van der Waals surface area contributed by atoms with E-state index in [0.717, 1.165) is 18.7 Å². The summed E-state index contributed by atoms with van der Waals surface area (Å²) in [5.74, 6) is 1.20. The van der Waals surface area contributed by atoms with E-state index in [1.807, 2.05) is 40.3 Å². The molecule has 0 aromatic heterocycles. The molecule has 0 bridgehead atoms. The molecule has 2 saturated heterocycles. The summed E-state index contributed by atoms with van der Waals surface area (Å²) in [6.07, 6.45) is 3.70. The van der Waals surface area contributed by atoms with Crippen molar-refractivity contribution in [3.05, 3.63) is 51.2 Å². The lowest BCUT2D eigenvalue weighted by Gasteiger charge is -2.23. The molecule has 0 aliphatic carbocycles. The Balaban J connectivity index is 1.74. The van der Waals surface area contributed by atoms with Crippen molar-refractivity contribution >= 4 is 23.6 Å². The number of ether oxygens (including phenoxy) is 1. The summed E-state index contributed by atoms with van der Waals surface area (Å²) in [6, 6.07) is 7.44. The van der Waals surface area contributed by atoms with Gasteiger partial charge in [-0.15, -0.1) is 0 Å². The van der Waals surface area contributed by atoms with E-state index in [0.29, 0.717) is 42.5 Å². The summed E-state index contributed by atoms with van der Waals surface area (Å²) in [7, 11) is 0. The van der Waals surface area contributed by atoms with Gasteiger partial charge in [0.1, 0.15) is 5.10 Å². The summed E-state index contributed by atoms with van der Waals surface area (Å²) in [5, 5.41) is 14.6. The molecule has 1 aromatic rings. The summed E-state index contributed by atoms with van der Waals surface area (Å²) in [5.41, 5.74) is 0.934. The molecule has 2 aliphatic heterocycles. The Kier molecular flexibility index (Phi) is 5.55. The molecular weight excluding hydrogens is 344 g/mol. The maximum atomic E-state index is 11.0. The molecule has 0 N–H and O–H groups in total. The zero-order valence-electron chi connectivity index (χ0n) is 14.0. The van der Waals surface area contributed by atoms with Crippen LogP contribution in [0.1, 0.15) is 12.5 Å². The first-order valence-electron chi connectivity index (χ1n) is 8.29. The Morgan fingerprint density at radius 2 is 2.28 bits per heavy atom. The maximum Gasteiger partial charge on any atom is 0.278 e. The lowest BCUT2D eigenvalue weighted by atomic mass is 9.98. The number of halogens is 1. The molecule has 2 heterocycles. The third-order valence-corrected chi connectivity index (χ3v) is 4.82. The zero-order chi connectivity index (χ0) is 17.8. The van der Waals surface area contributed by atoms with E-state index in [9.17, 15) is 10.1 Å². The molecule has 2 atom stereocenters. The first-order valence-corrected chi connectivity index (χ1v) is 8.67. The number of hydrazone groups is 1. The predicted octanol–water partition coefficient (Wildman–Crippen LogP) is 2.76. The van der Waals surface area contributed by atoms with Crippen LogP contribution in [0.2, 0.25) is 5.02 Å². The van der Waals surface area contributed by atoms with Crippen molar-refractivity contribution in [2.45, 2.75) is 6.92 Å². The Morgan fingerprint density at radius 1 is 1.44 bits per heavy atom. The summed E-state index contributed by atoms with van der Waals surface area (Å²) < 4.78 is 5.50. The quantitative estimate of drug-likeness (QED) is 0.593. The number of guanidine groups is 1. The van der Waals surface area contributed by atoms with Gasteiger partial charge in [0.05, 0.1) is 6.61 Å².